The van der Waals surface area contributed by atoms with E-state index in [9.17, 15) is 4.79 Å². The second kappa shape index (κ2) is 5.40. The fourth-order valence-corrected chi connectivity index (χ4v) is 1.65. The van der Waals surface area contributed by atoms with Gasteiger partial charge in [0.05, 0.1) is 5.60 Å². The van der Waals surface area contributed by atoms with Gasteiger partial charge in [-0.2, -0.15) is 0 Å². The van der Waals surface area contributed by atoms with E-state index in [0.29, 0.717) is 5.69 Å². The molecule has 0 aliphatic heterocycles. The molecule has 0 aromatic heterocycles. The normalized spacial score (nSPS) is 11.4. The Hall–Kier alpha value is -1.55. The van der Waals surface area contributed by atoms with Crippen LogP contribution in [0.25, 0.3) is 0 Å². The molecule has 0 saturated carbocycles. The minimum Gasteiger partial charge on any atom is -0.399 e. The van der Waals surface area contributed by atoms with E-state index >= 15 is 0 Å². The third kappa shape index (κ3) is 4.37. The summed E-state index contributed by atoms with van der Waals surface area (Å²) in [5, 5.41) is 2.86. The van der Waals surface area contributed by atoms with Crippen LogP contribution >= 0.6 is 0 Å². The number of hydrogen-bond acceptors (Lipinski definition) is 3. The van der Waals surface area contributed by atoms with Crippen LogP contribution in [-0.2, 0) is 9.53 Å². The smallest absolute Gasteiger partial charge is 0.250 e. The van der Waals surface area contributed by atoms with Gasteiger partial charge in [0, 0.05) is 11.4 Å². The largest absolute Gasteiger partial charge is 0.399 e. The minimum absolute atomic E-state index is 0.0484. The third-order valence-corrected chi connectivity index (χ3v) is 2.46. The van der Waals surface area contributed by atoms with Crippen LogP contribution in [0.3, 0.4) is 0 Å². The van der Waals surface area contributed by atoms with E-state index in [-0.39, 0.29) is 18.1 Å². The fourth-order valence-electron chi connectivity index (χ4n) is 1.65. The molecule has 0 radical (unpaired) electrons. The topological polar surface area (TPSA) is 64.3 Å². The summed E-state index contributed by atoms with van der Waals surface area (Å²) in [5.41, 5.74) is 8.85. The maximum atomic E-state index is 11.8. The number of hydrogen-bond donors (Lipinski definition) is 2. The van der Waals surface area contributed by atoms with Crippen LogP contribution < -0.4 is 11.1 Å². The van der Waals surface area contributed by atoms with Crippen molar-refractivity contribution in [2.24, 2.45) is 0 Å². The van der Waals surface area contributed by atoms with Crippen LogP contribution in [0.15, 0.2) is 12.1 Å². The third-order valence-electron chi connectivity index (χ3n) is 2.46. The highest BCUT2D eigenvalue weighted by atomic mass is 16.5. The SMILES string of the molecule is Cc1cc(N)cc(C)c1NC(=O)COC(C)(C)C. The van der Waals surface area contributed by atoms with Gasteiger partial charge in [0.2, 0.25) is 5.91 Å². The Morgan fingerprint density at radius 2 is 1.78 bits per heavy atom. The average Bonchev–Trinajstić information content (AvgIpc) is 2.19. The Kier molecular flexibility index (Phi) is 4.35. The Balaban J connectivity index is 2.71. The number of nitrogen functional groups attached to an aromatic ring is 1. The quantitative estimate of drug-likeness (QED) is 0.810. The zero-order valence-electron chi connectivity index (χ0n) is 11.8. The zero-order chi connectivity index (χ0) is 13.9. The van der Waals surface area contributed by atoms with Crippen molar-refractivity contribution >= 4 is 17.3 Å². The number of carbonyl (C=O) groups excluding carboxylic acids is 1. The Morgan fingerprint density at radius 1 is 1.28 bits per heavy atom. The van der Waals surface area contributed by atoms with Crippen molar-refractivity contribution in [1.29, 1.82) is 0 Å². The summed E-state index contributed by atoms with van der Waals surface area (Å²) in [6.45, 7) is 9.64. The zero-order valence-corrected chi connectivity index (χ0v) is 11.8. The molecular formula is C14H22N2O2. The molecular weight excluding hydrogens is 228 g/mol. The lowest BCUT2D eigenvalue weighted by Gasteiger charge is -2.19. The van der Waals surface area contributed by atoms with Crippen LogP contribution in [0.1, 0.15) is 31.9 Å². The monoisotopic (exact) mass is 250 g/mol. The Morgan fingerprint density at radius 3 is 2.22 bits per heavy atom. The molecule has 3 N–H and O–H groups in total. The second-order valence-corrected chi connectivity index (χ2v) is 5.48. The first-order valence-electron chi connectivity index (χ1n) is 5.99. The number of aryl methyl sites for hydroxylation is 2. The lowest BCUT2D eigenvalue weighted by molar-refractivity contribution is -0.125. The molecule has 1 rings (SSSR count). The van der Waals surface area contributed by atoms with E-state index in [4.69, 9.17) is 10.5 Å². The van der Waals surface area contributed by atoms with Gasteiger partial charge in [0.15, 0.2) is 0 Å². The highest BCUT2D eigenvalue weighted by molar-refractivity contribution is 5.93. The molecule has 0 aliphatic rings. The predicted molar refractivity (Wildman–Crippen MR) is 74.7 cm³/mol. The van der Waals surface area contributed by atoms with Crippen LogP contribution in [0.5, 0.6) is 0 Å². The molecule has 0 heterocycles. The van der Waals surface area contributed by atoms with E-state index in [0.717, 1.165) is 16.8 Å². The molecule has 0 atom stereocenters. The number of ether oxygens (including phenoxy) is 1. The minimum atomic E-state index is -0.317. The van der Waals surface area contributed by atoms with Crippen LogP contribution in [-0.4, -0.2) is 18.1 Å². The second-order valence-electron chi connectivity index (χ2n) is 5.48. The summed E-state index contributed by atoms with van der Waals surface area (Å²) in [7, 11) is 0. The highest BCUT2D eigenvalue weighted by Gasteiger charge is 2.14. The van der Waals surface area contributed by atoms with Gasteiger partial charge in [-0.05, 0) is 57.9 Å². The molecule has 18 heavy (non-hydrogen) atoms. The van der Waals surface area contributed by atoms with Crippen LogP contribution in [0.2, 0.25) is 0 Å². The van der Waals surface area contributed by atoms with Gasteiger partial charge in [0.25, 0.3) is 0 Å². The first-order chi connectivity index (χ1) is 8.19. The van der Waals surface area contributed by atoms with E-state index in [2.05, 4.69) is 5.32 Å². The lowest BCUT2D eigenvalue weighted by atomic mass is 10.1. The maximum Gasteiger partial charge on any atom is 0.250 e. The molecule has 0 aliphatic carbocycles. The first-order valence-corrected chi connectivity index (χ1v) is 5.99. The Labute approximate surface area is 109 Å². The molecule has 1 amide bonds. The van der Waals surface area contributed by atoms with Crippen LogP contribution in [0.4, 0.5) is 11.4 Å². The van der Waals surface area contributed by atoms with Gasteiger partial charge in [-0.1, -0.05) is 0 Å². The van der Waals surface area contributed by atoms with Gasteiger partial charge in [0.1, 0.15) is 6.61 Å². The number of benzene rings is 1. The molecule has 1 aromatic rings. The summed E-state index contributed by atoms with van der Waals surface area (Å²) in [6.07, 6.45) is 0. The number of anilines is 2. The molecule has 4 heteroatoms. The lowest BCUT2D eigenvalue weighted by Crippen LogP contribution is -2.27. The fraction of sp³-hybridized carbons (Fsp3) is 0.500. The molecule has 0 fully saturated rings. The van der Waals surface area contributed by atoms with Gasteiger partial charge in [-0.3, -0.25) is 4.79 Å². The van der Waals surface area contributed by atoms with E-state index in [1.165, 1.54) is 0 Å². The molecule has 0 spiro atoms. The summed E-state index contributed by atoms with van der Waals surface area (Å²) in [6, 6.07) is 3.68. The summed E-state index contributed by atoms with van der Waals surface area (Å²) < 4.78 is 5.43. The predicted octanol–water partition coefficient (Wildman–Crippen LogP) is 2.64. The number of carbonyl (C=O) groups is 1. The van der Waals surface area contributed by atoms with Gasteiger partial charge in [-0.25, -0.2) is 0 Å². The number of amides is 1. The van der Waals surface area contributed by atoms with Crippen molar-refractivity contribution in [2.75, 3.05) is 17.7 Å². The number of rotatable bonds is 3. The molecule has 0 bridgehead atoms. The van der Waals surface area contributed by atoms with E-state index in [1.807, 2.05) is 46.8 Å². The molecule has 0 saturated heterocycles. The molecule has 4 nitrogen and oxygen atoms in total. The maximum absolute atomic E-state index is 11.8. The summed E-state index contributed by atoms with van der Waals surface area (Å²) >= 11 is 0. The van der Waals surface area contributed by atoms with Crippen molar-refractivity contribution in [1.82, 2.24) is 0 Å². The highest BCUT2D eigenvalue weighted by Crippen LogP contribution is 2.23. The molecule has 0 unspecified atom stereocenters. The standard InChI is InChI=1S/C14H22N2O2/c1-9-6-11(15)7-10(2)13(9)16-12(17)8-18-14(3,4)5/h6-7H,8,15H2,1-5H3,(H,16,17). The molecule has 100 valence electrons. The molecule has 1 aromatic carbocycles. The summed E-state index contributed by atoms with van der Waals surface area (Å²) in [5.74, 6) is -0.152. The van der Waals surface area contributed by atoms with Crippen molar-refractivity contribution < 1.29 is 9.53 Å². The van der Waals surface area contributed by atoms with E-state index in [1.54, 1.807) is 0 Å². The van der Waals surface area contributed by atoms with Gasteiger partial charge < -0.3 is 15.8 Å². The first kappa shape index (κ1) is 14.5. The van der Waals surface area contributed by atoms with Crippen molar-refractivity contribution in [3.63, 3.8) is 0 Å². The summed E-state index contributed by atoms with van der Waals surface area (Å²) in [4.78, 5) is 11.8. The average molecular weight is 250 g/mol. The van der Waals surface area contributed by atoms with Gasteiger partial charge >= 0.3 is 0 Å². The van der Waals surface area contributed by atoms with Gasteiger partial charge in [-0.15, -0.1) is 0 Å². The van der Waals surface area contributed by atoms with Crippen molar-refractivity contribution in [3.05, 3.63) is 23.3 Å². The Bertz CT molecular complexity index is 425. The van der Waals surface area contributed by atoms with Crippen molar-refractivity contribution in [2.45, 2.75) is 40.2 Å². The van der Waals surface area contributed by atoms with E-state index < -0.39 is 0 Å². The van der Waals surface area contributed by atoms with Crippen LogP contribution in [0, 0.1) is 13.8 Å². The van der Waals surface area contributed by atoms with Crippen molar-refractivity contribution in [3.8, 4) is 0 Å². The number of nitrogens with one attached hydrogen (secondary N) is 1. The number of nitrogens with two attached hydrogens (primary N) is 1.